The Kier molecular flexibility index (Phi) is 8.04. The molecule has 0 aromatic carbocycles. The number of hydrogen-bond donors (Lipinski definition) is 3. The molecule has 2 fully saturated rings. The molecular formula is C24H37F3N4O. The Balaban J connectivity index is 1.46. The number of amides is 1. The van der Waals surface area contributed by atoms with Crippen LogP contribution in [0.1, 0.15) is 83.2 Å². The number of alkyl halides is 3. The molecule has 5 nitrogen and oxygen atoms in total. The van der Waals surface area contributed by atoms with Gasteiger partial charge in [0.2, 0.25) is 5.91 Å². The van der Waals surface area contributed by atoms with E-state index in [2.05, 4.69) is 36.1 Å². The third kappa shape index (κ3) is 6.58. The lowest BCUT2D eigenvalue weighted by Gasteiger charge is -2.32. The Labute approximate surface area is 188 Å². The van der Waals surface area contributed by atoms with Crippen LogP contribution in [0.2, 0.25) is 0 Å². The summed E-state index contributed by atoms with van der Waals surface area (Å²) in [4.78, 5) is 19.9. The quantitative estimate of drug-likeness (QED) is 0.445. The number of aromatic amines is 1. The summed E-state index contributed by atoms with van der Waals surface area (Å²) in [6, 6.07) is 0. The van der Waals surface area contributed by atoms with Crippen molar-refractivity contribution < 1.29 is 18.0 Å². The summed E-state index contributed by atoms with van der Waals surface area (Å²) in [6.07, 6.45) is 2.08. The van der Waals surface area contributed by atoms with Crippen molar-refractivity contribution in [2.45, 2.75) is 84.2 Å². The van der Waals surface area contributed by atoms with E-state index in [9.17, 15) is 18.0 Å². The lowest BCUT2D eigenvalue weighted by molar-refractivity contribution is -0.184. The van der Waals surface area contributed by atoms with E-state index >= 15 is 0 Å². The number of halogens is 3. The lowest BCUT2D eigenvalue weighted by atomic mass is 9.75. The summed E-state index contributed by atoms with van der Waals surface area (Å²) in [5.74, 6) is 0.763. The first-order valence-corrected chi connectivity index (χ1v) is 12.0. The molecule has 2 unspecified atom stereocenters. The Morgan fingerprint density at radius 2 is 1.94 bits per heavy atom. The fraction of sp³-hybridized carbons (Fsp3) is 0.792. The van der Waals surface area contributed by atoms with E-state index in [1.54, 1.807) is 0 Å². The van der Waals surface area contributed by atoms with Gasteiger partial charge in [-0.3, -0.25) is 4.79 Å². The molecule has 0 bridgehead atoms. The van der Waals surface area contributed by atoms with Gasteiger partial charge in [-0.05, 0) is 62.7 Å². The summed E-state index contributed by atoms with van der Waals surface area (Å²) in [7, 11) is 0. The second kappa shape index (κ2) is 10.4. The van der Waals surface area contributed by atoms with Crippen LogP contribution in [0.4, 0.5) is 13.2 Å². The number of carbonyl (C=O) groups excluding carboxylic acids is 1. The standard InChI is InChI=1S/C24H37F3N4O/c1-14(9-20(28)11-18-8-15(2)12-30-23(18)32)10-22-29-13-21(31-22)16(3)17-4-6-19(7-5-17)24(25,26)27/h13-19,28H,4-12H2,1-3H3,(H,29,31)(H,30,32)/t14?,15-,16?,17?,18+,19?/m0/s1. The zero-order chi connectivity index (χ0) is 23.5. The molecule has 0 spiro atoms. The summed E-state index contributed by atoms with van der Waals surface area (Å²) in [5, 5.41) is 11.3. The van der Waals surface area contributed by atoms with Gasteiger partial charge in [-0.25, -0.2) is 4.98 Å². The third-order valence-corrected chi connectivity index (χ3v) is 7.39. The van der Waals surface area contributed by atoms with Gasteiger partial charge in [0.25, 0.3) is 0 Å². The molecule has 1 saturated carbocycles. The lowest BCUT2D eigenvalue weighted by Crippen LogP contribution is -2.41. The predicted octanol–water partition coefficient (Wildman–Crippen LogP) is 5.63. The van der Waals surface area contributed by atoms with Crippen molar-refractivity contribution in [2.75, 3.05) is 6.54 Å². The molecule has 0 radical (unpaired) electrons. The monoisotopic (exact) mass is 454 g/mol. The van der Waals surface area contributed by atoms with Crippen LogP contribution in [0.25, 0.3) is 0 Å². The fourth-order valence-electron chi connectivity index (χ4n) is 5.39. The number of carbonyl (C=O) groups is 1. The molecule has 1 aliphatic carbocycles. The van der Waals surface area contributed by atoms with Gasteiger partial charge in [0.15, 0.2) is 0 Å². The van der Waals surface area contributed by atoms with Gasteiger partial charge >= 0.3 is 6.18 Å². The first kappa shape index (κ1) is 24.8. The maximum absolute atomic E-state index is 12.9. The molecule has 1 aliphatic heterocycles. The van der Waals surface area contributed by atoms with Crippen LogP contribution in [0.3, 0.4) is 0 Å². The van der Waals surface area contributed by atoms with Crippen molar-refractivity contribution in [3.63, 3.8) is 0 Å². The average Bonchev–Trinajstić information content (AvgIpc) is 3.17. The molecule has 3 N–H and O–H groups in total. The van der Waals surface area contributed by atoms with Gasteiger partial charge < -0.3 is 15.7 Å². The minimum Gasteiger partial charge on any atom is -0.356 e. The molecule has 8 heteroatoms. The first-order valence-electron chi connectivity index (χ1n) is 12.0. The van der Waals surface area contributed by atoms with E-state index in [4.69, 9.17) is 5.41 Å². The highest BCUT2D eigenvalue weighted by Crippen LogP contribution is 2.43. The minimum absolute atomic E-state index is 0.0643. The van der Waals surface area contributed by atoms with E-state index in [0.717, 1.165) is 24.5 Å². The molecule has 2 aliphatic rings. The normalized spacial score (nSPS) is 28.8. The number of imidazole rings is 1. The number of nitrogens with one attached hydrogen (secondary N) is 3. The maximum Gasteiger partial charge on any atom is 0.391 e. The van der Waals surface area contributed by atoms with Gasteiger partial charge in [-0.2, -0.15) is 13.2 Å². The second-order valence-electron chi connectivity index (χ2n) is 10.3. The van der Waals surface area contributed by atoms with Crippen molar-refractivity contribution in [3.8, 4) is 0 Å². The topological polar surface area (TPSA) is 81.6 Å². The largest absolute Gasteiger partial charge is 0.391 e. The molecule has 1 amide bonds. The van der Waals surface area contributed by atoms with Gasteiger partial charge in [-0.15, -0.1) is 0 Å². The molecular weight excluding hydrogens is 417 g/mol. The van der Waals surface area contributed by atoms with E-state index in [0.29, 0.717) is 43.7 Å². The van der Waals surface area contributed by atoms with Gasteiger partial charge in [-0.1, -0.05) is 20.8 Å². The van der Waals surface area contributed by atoms with Crippen molar-refractivity contribution in [2.24, 2.45) is 29.6 Å². The zero-order valence-corrected chi connectivity index (χ0v) is 19.4. The van der Waals surface area contributed by atoms with Gasteiger partial charge in [0.1, 0.15) is 5.82 Å². The van der Waals surface area contributed by atoms with E-state index in [1.165, 1.54) is 0 Å². The van der Waals surface area contributed by atoms with Gasteiger partial charge in [0, 0.05) is 42.4 Å². The molecule has 1 aromatic rings. The Morgan fingerprint density at radius 1 is 1.25 bits per heavy atom. The molecule has 2 heterocycles. The summed E-state index contributed by atoms with van der Waals surface area (Å²) in [6.45, 7) is 7.01. The molecule has 1 aromatic heterocycles. The highest BCUT2D eigenvalue weighted by molar-refractivity contribution is 5.88. The smallest absolute Gasteiger partial charge is 0.356 e. The first-order chi connectivity index (χ1) is 15.0. The van der Waals surface area contributed by atoms with Crippen molar-refractivity contribution >= 4 is 11.6 Å². The Hall–Kier alpha value is -1.86. The predicted molar refractivity (Wildman–Crippen MR) is 119 cm³/mol. The van der Waals surface area contributed by atoms with Crippen LogP contribution in [0, 0.1) is 35.0 Å². The number of aromatic nitrogens is 2. The number of H-pyrrole nitrogens is 1. The number of rotatable bonds is 8. The fourth-order valence-corrected chi connectivity index (χ4v) is 5.39. The van der Waals surface area contributed by atoms with Crippen LogP contribution >= 0.6 is 0 Å². The van der Waals surface area contributed by atoms with E-state index in [1.807, 2.05) is 6.20 Å². The highest BCUT2D eigenvalue weighted by Gasteiger charge is 2.42. The minimum atomic E-state index is -4.07. The Morgan fingerprint density at radius 3 is 2.59 bits per heavy atom. The van der Waals surface area contributed by atoms with Crippen molar-refractivity contribution in [1.29, 1.82) is 5.41 Å². The average molecular weight is 455 g/mol. The highest BCUT2D eigenvalue weighted by atomic mass is 19.4. The third-order valence-electron chi connectivity index (χ3n) is 7.39. The molecule has 1 saturated heterocycles. The zero-order valence-electron chi connectivity index (χ0n) is 19.4. The summed E-state index contributed by atoms with van der Waals surface area (Å²) in [5.41, 5.74) is 1.60. The molecule has 3 rings (SSSR count). The van der Waals surface area contributed by atoms with E-state index in [-0.39, 0.29) is 42.4 Å². The number of piperidine rings is 1. The molecule has 32 heavy (non-hydrogen) atoms. The van der Waals surface area contributed by atoms with Crippen LogP contribution in [-0.2, 0) is 11.2 Å². The second-order valence-corrected chi connectivity index (χ2v) is 10.3. The number of nitrogens with zero attached hydrogens (tertiary/aromatic N) is 1. The SMILES string of the molecule is CC(CC(=N)C[C@H]1C[C@H](C)CNC1=O)Cc1ncc(C(C)C2CCC(C(F)(F)F)CC2)[nH]1. The van der Waals surface area contributed by atoms with Crippen LogP contribution in [0.15, 0.2) is 6.20 Å². The number of hydrogen-bond acceptors (Lipinski definition) is 3. The van der Waals surface area contributed by atoms with Gasteiger partial charge in [0.05, 0.1) is 5.92 Å². The van der Waals surface area contributed by atoms with Crippen molar-refractivity contribution in [3.05, 3.63) is 17.7 Å². The van der Waals surface area contributed by atoms with Crippen molar-refractivity contribution in [1.82, 2.24) is 15.3 Å². The summed E-state index contributed by atoms with van der Waals surface area (Å²) >= 11 is 0. The van der Waals surface area contributed by atoms with Crippen LogP contribution in [-0.4, -0.2) is 34.3 Å². The van der Waals surface area contributed by atoms with Crippen LogP contribution < -0.4 is 5.32 Å². The molecule has 4 atom stereocenters. The Bertz CT molecular complexity index is 782. The summed E-state index contributed by atoms with van der Waals surface area (Å²) < 4.78 is 38.8. The maximum atomic E-state index is 12.9. The van der Waals surface area contributed by atoms with E-state index < -0.39 is 12.1 Å². The van der Waals surface area contributed by atoms with Crippen LogP contribution in [0.5, 0.6) is 0 Å². The molecule has 180 valence electrons.